The van der Waals surface area contributed by atoms with Crippen LogP contribution in [0.5, 0.6) is 0 Å². The topological polar surface area (TPSA) is 56.2 Å². The van der Waals surface area contributed by atoms with Gasteiger partial charge in [0.15, 0.2) is 0 Å². The molecule has 1 fully saturated rings. The average molecular weight is 398 g/mol. The van der Waals surface area contributed by atoms with Crippen molar-refractivity contribution in [3.05, 3.63) is 59.1 Å². The van der Waals surface area contributed by atoms with Crippen molar-refractivity contribution in [2.24, 2.45) is 5.92 Å². The molecule has 0 saturated carbocycles. The third-order valence-corrected chi connectivity index (χ3v) is 5.46. The van der Waals surface area contributed by atoms with Crippen LogP contribution in [0, 0.1) is 5.92 Å². The summed E-state index contributed by atoms with van der Waals surface area (Å²) in [7, 11) is 0. The van der Waals surface area contributed by atoms with Gasteiger partial charge < -0.3 is 9.30 Å². The first-order chi connectivity index (χ1) is 13.7. The number of amides is 1. The Balaban J connectivity index is 1.54. The van der Waals surface area contributed by atoms with Crippen molar-refractivity contribution in [2.75, 3.05) is 18.5 Å². The standard InChI is InChI=1S/C22H24ClN3O2/c23-18-8-9-20-19(15-18)24-22(25-21(27)17-10-13-28-14-11-17)26(20)12-4-7-16-5-2-1-3-6-16/h1-3,5-6,8-9,15,17H,4,7,10-14H2,(H,24,25,27). The zero-order chi connectivity index (χ0) is 19.3. The van der Waals surface area contributed by atoms with Crippen LogP contribution in [0.1, 0.15) is 24.8 Å². The van der Waals surface area contributed by atoms with Gasteiger partial charge in [-0.3, -0.25) is 10.1 Å². The third-order valence-electron chi connectivity index (χ3n) is 5.23. The molecule has 2 aromatic carbocycles. The number of aromatic nitrogens is 2. The molecule has 4 rings (SSSR count). The second-order valence-corrected chi connectivity index (χ2v) is 7.62. The summed E-state index contributed by atoms with van der Waals surface area (Å²) in [6, 6.07) is 16.1. The van der Waals surface area contributed by atoms with Gasteiger partial charge in [0, 0.05) is 30.7 Å². The molecule has 6 heteroatoms. The highest BCUT2D eigenvalue weighted by atomic mass is 35.5. The third kappa shape index (κ3) is 4.37. The Bertz CT molecular complexity index is 949. The van der Waals surface area contributed by atoms with E-state index in [9.17, 15) is 4.79 Å². The van der Waals surface area contributed by atoms with E-state index in [1.807, 2.05) is 24.3 Å². The van der Waals surface area contributed by atoms with Gasteiger partial charge in [-0.25, -0.2) is 4.98 Å². The maximum absolute atomic E-state index is 12.7. The number of carbonyl (C=O) groups is 1. The molecule has 2 heterocycles. The predicted octanol–water partition coefficient (Wildman–Crippen LogP) is 4.69. The smallest absolute Gasteiger partial charge is 0.229 e. The molecule has 1 N–H and O–H groups in total. The minimum atomic E-state index is -0.0186. The van der Waals surface area contributed by atoms with E-state index in [2.05, 4.69) is 39.1 Å². The molecule has 0 radical (unpaired) electrons. The van der Waals surface area contributed by atoms with Crippen molar-refractivity contribution in [3.8, 4) is 0 Å². The van der Waals surface area contributed by atoms with E-state index in [1.165, 1.54) is 5.56 Å². The number of benzene rings is 2. The number of ether oxygens (including phenoxy) is 1. The number of halogens is 1. The number of imidazole rings is 1. The van der Waals surface area contributed by atoms with E-state index < -0.39 is 0 Å². The van der Waals surface area contributed by atoms with Crippen molar-refractivity contribution in [2.45, 2.75) is 32.2 Å². The normalized spacial score (nSPS) is 15.0. The van der Waals surface area contributed by atoms with Gasteiger partial charge in [-0.15, -0.1) is 0 Å². The highest BCUT2D eigenvalue weighted by Crippen LogP contribution is 2.25. The number of rotatable bonds is 6. The van der Waals surface area contributed by atoms with E-state index in [0.29, 0.717) is 24.2 Å². The highest BCUT2D eigenvalue weighted by molar-refractivity contribution is 6.31. The molecule has 0 bridgehead atoms. The molecule has 0 spiro atoms. The second-order valence-electron chi connectivity index (χ2n) is 7.19. The average Bonchev–Trinajstić information content (AvgIpc) is 3.05. The van der Waals surface area contributed by atoms with Crippen molar-refractivity contribution in [3.63, 3.8) is 0 Å². The minimum absolute atomic E-state index is 0.0186. The predicted molar refractivity (Wildman–Crippen MR) is 112 cm³/mol. The van der Waals surface area contributed by atoms with Crippen LogP contribution in [0.2, 0.25) is 5.02 Å². The highest BCUT2D eigenvalue weighted by Gasteiger charge is 2.23. The summed E-state index contributed by atoms with van der Waals surface area (Å²) in [5, 5.41) is 3.69. The fraction of sp³-hybridized carbons (Fsp3) is 0.364. The molecule has 3 aromatic rings. The minimum Gasteiger partial charge on any atom is -0.381 e. The molecular formula is C22H24ClN3O2. The van der Waals surface area contributed by atoms with Crippen molar-refractivity contribution in [1.82, 2.24) is 9.55 Å². The number of carbonyl (C=O) groups excluding carboxylic acids is 1. The molecule has 146 valence electrons. The monoisotopic (exact) mass is 397 g/mol. The lowest BCUT2D eigenvalue weighted by Gasteiger charge is -2.21. The van der Waals surface area contributed by atoms with Gasteiger partial charge in [-0.1, -0.05) is 41.9 Å². The number of hydrogen-bond donors (Lipinski definition) is 1. The molecule has 5 nitrogen and oxygen atoms in total. The lowest BCUT2D eigenvalue weighted by molar-refractivity contribution is -0.122. The number of nitrogens with one attached hydrogen (secondary N) is 1. The Morgan fingerprint density at radius 2 is 1.96 bits per heavy atom. The quantitative estimate of drug-likeness (QED) is 0.656. The van der Waals surface area contributed by atoms with Gasteiger partial charge >= 0.3 is 0 Å². The molecule has 1 amide bonds. The van der Waals surface area contributed by atoms with E-state index in [-0.39, 0.29) is 11.8 Å². The number of fused-ring (bicyclic) bond motifs is 1. The number of aryl methyl sites for hydroxylation is 2. The van der Waals surface area contributed by atoms with E-state index in [0.717, 1.165) is 43.3 Å². The van der Waals surface area contributed by atoms with Crippen LogP contribution >= 0.6 is 11.6 Å². The summed E-state index contributed by atoms with van der Waals surface area (Å²) in [6.07, 6.45) is 3.44. The van der Waals surface area contributed by atoms with Gasteiger partial charge in [-0.2, -0.15) is 0 Å². The zero-order valence-corrected chi connectivity index (χ0v) is 16.5. The second kappa shape index (κ2) is 8.76. The molecule has 0 atom stereocenters. The van der Waals surface area contributed by atoms with Crippen LogP contribution in [-0.4, -0.2) is 28.7 Å². The number of hydrogen-bond acceptors (Lipinski definition) is 3. The fourth-order valence-electron chi connectivity index (χ4n) is 3.68. The molecular weight excluding hydrogens is 374 g/mol. The van der Waals surface area contributed by atoms with E-state index >= 15 is 0 Å². The van der Waals surface area contributed by atoms with Gasteiger partial charge in [0.05, 0.1) is 11.0 Å². The molecule has 1 aliphatic heterocycles. The summed E-state index contributed by atoms with van der Waals surface area (Å²) < 4.78 is 7.45. The van der Waals surface area contributed by atoms with Crippen LogP contribution < -0.4 is 5.32 Å². The van der Waals surface area contributed by atoms with Gasteiger partial charge in [0.2, 0.25) is 11.9 Å². The molecule has 0 unspecified atom stereocenters. The van der Waals surface area contributed by atoms with Crippen LogP contribution in [-0.2, 0) is 22.5 Å². The maximum Gasteiger partial charge on any atom is 0.229 e. The molecule has 1 aromatic heterocycles. The van der Waals surface area contributed by atoms with Crippen LogP contribution in [0.15, 0.2) is 48.5 Å². The largest absolute Gasteiger partial charge is 0.381 e. The Morgan fingerprint density at radius 1 is 1.18 bits per heavy atom. The van der Waals surface area contributed by atoms with Crippen LogP contribution in [0.4, 0.5) is 5.95 Å². The summed E-state index contributed by atoms with van der Waals surface area (Å²) >= 11 is 6.14. The summed E-state index contributed by atoms with van der Waals surface area (Å²) in [5.74, 6) is 0.603. The van der Waals surface area contributed by atoms with Crippen LogP contribution in [0.25, 0.3) is 11.0 Å². The Labute approximate surface area is 169 Å². The lowest BCUT2D eigenvalue weighted by atomic mass is 10.00. The summed E-state index contributed by atoms with van der Waals surface area (Å²) in [6.45, 7) is 2.05. The number of anilines is 1. The van der Waals surface area contributed by atoms with Gasteiger partial charge in [-0.05, 0) is 49.4 Å². The first-order valence-corrected chi connectivity index (χ1v) is 10.2. The van der Waals surface area contributed by atoms with E-state index in [4.69, 9.17) is 16.3 Å². The first-order valence-electron chi connectivity index (χ1n) is 9.79. The summed E-state index contributed by atoms with van der Waals surface area (Å²) in [5.41, 5.74) is 3.09. The molecule has 0 aliphatic carbocycles. The Morgan fingerprint density at radius 3 is 2.75 bits per heavy atom. The first kappa shape index (κ1) is 19.0. The fourth-order valence-corrected chi connectivity index (χ4v) is 3.85. The van der Waals surface area contributed by atoms with Crippen molar-refractivity contribution < 1.29 is 9.53 Å². The van der Waals surface area contributed by atoms with E-state index in [1.54, 1.807) is 0 Å². The Kier molecular flexibility index (Phi) is 5.93. The van der Waals surface area contributed by atoms with Crippen molar-refractivity contribution in [1.29, 1.82) is 0 Å². The van der Waals surface area contributed by atoms with Gasteiger partial charge in [0.1, 0.15) is 0 Å². The molecule has 28 heavy (non-hydrogen) atoms. The van der Waals surface area contributed by atoms with Crippen molar-refractivity contribution >= 4 is 34.5 Å². The summed E-state index contributed by atoms with van der Waals surface area (Å²) in [4.78, 5) is 17.4. The molecule has 1 saturated heterocycles. The number of nitrogens with zero attached hydrogens (tertiary/aromatic N) is 2. The SMILES string of the molecule is O=C(Nc1nc2cc(Cl)ccc2n1CCCc1ccccc1)C1CCOCC1. The molecule has 1 aliphatic rings. The van der Waals surface area contributed by atoms with Crippen LogP contribution in [0.3, 0.4) is 0 Å². The Hall–Kier alpha value is -2.37. The van der Waals surface area contributed by atoms with Gasteiger partial charge in [0.25, 0.3) is 0 Å². The zero-order valence-electron chi connectivity index (χ0n) is 15.7. The lowest BCUT2D eigenvalue weighted by Crippen LogP contribution is -2.29. The maximum atomic E-state index is 12.7.